The molecule has 0 aliphatic carbocycles. The van der Waals surface area contributed by atoms with Gasteiger partial charge in [0.1, 0.15) is 37.2 Å². The molecule has 6 amide bonds. The second kappa shape index (κ2) is 19.1. The molecule has 2 aromatic heterocycles. The first-order valence-electron chi connectivity index (χ1n) is 15.6. The van der Waals surface area contributed by atoms with E-state index < -0.39 is 64.1 Å². The van der Waals surface area contributed by atoms with Crippen molar-refractivity contribution in [3.8, 4) is 0 Å². The minimum absolute atomic E-state index is 0. The number of ether oxygens (including phenoxy) is 1. The summed E-state index contributed by atoms with van der Waals surface area (Å²) in [6.45, 7) is 5.69. The number of rotatable bonds is 10. The standard InChI is InChI=1S/C16H23N5O6.C11H15N5O7S.2CH4.Na/c1-16(2,3)27-15(24)19-6-10(17-9-19)8-26-18-13(22)12-5-4-11-7-20(12)14(23)21(11)25;17-10(14-22-5-7-3-12-6-13-7)9-2-1-8-4-15(9)11(18)16(8)23-24(19,20)21;;;/h6,9,11-12,25H,4-5,7-8H2,1-3H3,(H,18,22);3,6,8-9H,1-2,4-5H2,(H,12,13)(H,14,17)(H,19,20,21);2*1H4;/q;;;;+1/p-1/t11-,12+;8-,9+;;;/m11.../s1. The van der Waals surface area contributed by atoms with Gasteiger partial charge in [-0.15, -0.1) is 0 Å². The SMILES string of the molecule is C.C.CC(C)(C)OC(=O)n1cnc(CONC(=O)[C@@H]2CC[C@@H]3CN2C(=O)N3O)c1.O=C(NOCc1cnc[nH]1)[C@@H]1CC[C@@H]2CN1C(=O)N2OS(=O)(=O)[O-].[Na+]. The second-order valence-electron chi connectivity index (χ2n) is 12.9. The summed E-state index contributed by atoms with van der Waals surface area (Å²) in [5.41, 5.74) is 4.98. The van der Waals surface area contributed by atoms with Crippen LogP contribution in [0, 0.1) is 0 Å². The summed E-state index contributed by atoms with van der Waals surface area (Å²) in [7, 11) is -5.06. The van der Waals surface area contributed by atoms with Crippen LogP contribution in [0.2, 0.25) is 0 Å². The van der Waals surface area contributed by atoms with Crippen LogP contribution in [-0.4, -0.2) is 130 Å². The zero-order valence-electron chi connectivity index (χ0n) is 28.7. The Kier molecular flexibility index (Phi) is 16.4. The Hall–Kier alpha value is -3.88. The molecular weight excluding hydrogens is 751 g/mol. The van der Waals surface area contributed by atoms with E-state index in [1.165, 1.54) is 34.5 Å². The van der Waals surface area contributed by atoms with Crippen molar-refractivity contribution in [2.24, 2.45) is 0 Å². The number of urea groups is 2. The first-order valence-corrected chi connectivity index (χ1v) is 16.9. The van der Waals surface area contributed by atoms with Crippen molar-refractivity contribution < 1.29 is 90.4 Å². The monoisotopic (exact) mass is 796 g/mol. The number of aromatic nitrogens is 4. The number of fused-ring (bicyclic) bond motifs is 4. The van der Waals surface area contributed by atoms with E-state index in [0.717, 1.165) is 4.90 Å². The molecule has 54 heavy (non-hydrogen) atoms. The molecule has 6 heterocycles. The molecular formula is C29H45N10NaO13S. The quantitative estimate of drug-likeness (QED) is 0.0651. The molecule has 4 saturated heterocycles. The van der Waals surface area contributed by atoms with Crippen LogP contribution >= 0.6 is 0 Å². The Morgan fingerprint density at radius 2 is 1.54 bits per heavy atom. The third-order valence-electron chi connectivity index (χ3n) is 8.03. The molecule has 4 fully saturated rings. The van der Waals surface area contributed by atoms with Gasteiger partial charge >= 0.3 is 47.7 Å². The number of piperidine rings is 2. The molecule has 0 aromatic carbocycles. The number of carbonyl (C=O) groups excluding carboxylic acids is 5. The predicted octanol–water partition coefficient (Wildman–Crippen LogP) is -2.23. The van der Waals surface area contributed by atoms with Crippen LogP contribution in [0.4, 0.5) is 14.4 Å². The average molecular weight is 797 g/mol. The normalized spacial score (nSPS) is 21.6. The fraction of sp³-hybridized carbons (Fsp3) is 0.621. The molecule has 6 rings (SSSR count). The number of carbonyl (C=O) groups is 5. The summed E-state index contributed by atoms with van der Waals surface area (Å²) in [6.07, 6.45) is 6.75. The second-order valence-corrected chi connectivity index (χ2v) is 13.8. The Bertz CT molecular complexity index is 1720. The molecule has 4 atom stereocenters. The predicted molar refractivity (Wildman–Crippen MR) is 176 cm³/mol. The number of amides is 6. The van der Waals surface area contributed by atoms with Crippen LogP contribution in [0.25, 0.3) is 0 Å². The Labute approximate surface area is 333 Å². The summed E-state index contributed by atoms with van der Waals surface area (Å²) in [5.74, 6) is -1.02. The Morgan fingerprint density at radius 3 is 2.11 bits per heavy atom. The maximum Gasteiger partial charge on any atom is 1.00 e. The first kappa shape index (κ1) is 46.3. The zero-order chi connectivity index (χ0) is 37.1. The van der Waals surface area contributed by atoms with Gasteiger partial charge in [-0.3, -0.25) is 24.5 Å². The minimum Gasteiger partial charge on any atom is -0.724 e. The summed E-state index contributed by atoms with van der Waals surface area (Å²) in [5, 5.41) is 10.8. The fourth-order valence-electron chi connectivity index (χ4n) is 5.74. The number of imidazole rings is 2. The summed E-state index contributed by atoms with van der Waals surface area (Å²) >= 11 is 0. The van der Waals surface area contributed by atoms with E-state index in [-0.39, 0.29) is 76.6 Å². The van der Waals surface area contributed by atoms with E-state index in [1.807, 2.05) is 0 Å². The van der Waals surface area contributed by atoms with E-state index in [1.54, 1.807) is 20.8 Å². The summed E-state index contributed by atoms with van der Waals surface area (Å²) < 4.78 is 42.7. The Morgan fingerprint density at radius 1 is 0.963 bits per heavy atom. The van der Waals surface area contributed by atoms with Crippen LogP contribution in [0.15, 0.2) is 25.0 Å². The summed E-state index contributed by atoms with van der Waals surface area (Å²) in [6, 6.07) is -3.79. The number of hydrogen-bond donors (Lipinski definition) is 4. The molecule has 2 aromatic rings. The van der Waals surface area contributed by atoms with Crippen molar-refractivity contribution in [2.75, 3.05) is 13.1 Å². The smallest absolute Gasteiger partial charge is 0.724 e. The van der Waals surface area contributed by atoms with Crippen molar-refractivity contribution in [3.05, 3.63) is 36.4 Å². The maximum atomic E-state index is 12.3. The third kappa shape index (κ3) is 11.6. The van der Waals surface area contributed by atoms with Crippen molar-refractivity contribution in [1.82, 2.24) is 50.4 Å². The van der Waals surface area contributed by atoms with Gasteiger partial charge in [-0.1, -0.05) is 14.9 Å². The van der Waals surface area contributed by atoms with Crippen molar-refractivity contribution in [3.63, 3.8) is 0 Å². The van der Waals surface area contributed by atoms with Crippen molar-refractivity contribution >= 4 is 40.4 Å². The van der Waals surface area contributed by atoms with Crippen LogP contribution in [-0.2, 0) is 51.9 Å². The largest absolute Gasteiger partial charge is 1.00 e. The molecule has 4 N–H and O–H groups in total. The molecule has 0 saturated carbocycles. The average Bonchev–Trinajstić information content (AvgIpc) is 3.84. The molecule has 0 radical (unpaired) electrons. The van der Waals surface area contributed by atoms with Gasteiger partial charge in [0.2, 0.25) is 10.4 Å². The maximum absolute atomic E-state index is 12.3. The third-order valence-corrected chi connectivity index (χ3v) is 8.38. The van der Waals surface area contributed by atoms with Crippen LogP contribution < -0.4 is 40.5 Å². The van der Waals surface area contributed by atoms with E-state index >= 15 is 0 Å². The number of nitrogens with one attached hydrogen (secondary N) is 3. The number of hydrogen-bond acceptors (Lipinski definition) is 15. The summed E-state index contributed by atoms with van der Waals surface area (Å²) in [4.78, 5) is 83.6. The molecule has 0 unspecified atom stereocenters. The van der Waals surface area contributed by atoms with Gasteiger partial charge in [0.15, 0.2) is 0 Å². The van der Waals surface area contributed by atoms with E-state index in [4.69, 9.17) is 14.4 Å². The van der Waals surface area contributed by atoms with Crippen LogP contribution in [0.3, 0.4) is 0 Å². The number of H-pyrrole nitrogens is 1. The first-order chi connectivity index (χ1) is 24.0. The number of aromatic amines is 1. The molecule has 25 heteroatoms. The van der Waals surface area contributed by atoms with Gasteiger partial charge in [0, 0.05) is 19.3 Å². The molecule has 4 aliphatic rings. The van der Waals surface area contributed by atoms with Gasteiger partial charge < -0.3 is 24.1 Å². The van der Waals surface area contributed by atoms with Gasteiger partial charge in [0.25, 0.3) is 11.8 Å². The molecule has 0 spiro atoms. The van der Waals surface area contributed by atoms with Gasteiger partial charge in [-0.05, 0) is 46.5 Å². The molecule has 4 bridgehead atoms. The van der Waals surface area contributed by atoms with E-state index in [2.05, 4.69) is 30.2 Å². The molecule has 4 aliphatic heterocycles. The van der Waals surface area contributed by atoms with Gasteiger partial charge in [0.05, 0.1) is 36.0 Å². The molecule has 296 valence electrons. The van der Waals surface area contributed by atoms with Gasteiger partial charge in [-0.2, -0.15) is 9.35 Å². The van der Waals surface area contributed by atoms with Crippen LogP contribution in [0.5, 0.6) is 0 Å². The van der Waals surface area contributed by atoms with Gasteiger partial charge in [-0.25, -0.2) is 53.4 Å². The van der Waals surface area contributed by atoms with E-state index in [9.17, 15) is 42.2 Å². The Balaban J connectivity index is 0.000000356. The number of nitrogens with zero attached hydrogens (tertiary/aromatic N) is 7. The molecule has 23 nitrogen and oxygen atoms in total. The minimum atomic E-state index is -5.06. The van der Waals surface area contributed by atoms with E-state index in [0.29, 0.717) is 47.3 Å². The topological polar surface area (TPSA) is 283 Å². The fourth-order valence-corrected chi connectivity index (χ4v) is 6.12. The van der Waals surface area contributed by atoms with Crippen LogP contribution in [0.1, 0.15) is 72.7 Å². The van der Waals surface area contributed by atoms with Crippen molar-refractivity contribution in [1.29, 1.82) is 0 Å². The number of hydroxylamine groups is 6. The van der Waals surface area contributed by atoms with Crippen molar-refractivity contribution in [2.45, 2.75) is 104 Å². The zero-order valence-corrected chi connectivity index (χ0v) is 31.5.